The second-order valence-electron chi connectivity index (χ2n) is 10.9. The van der Waals surface area contributed by atoms with Crippen molar-refractivity contribution in [1.82, 2.24) is 9.97 Å². The maximum atomic E-state index is 11.4. The van der Waals surface area contributed by atoms with Crippen LogP contribution in [0.4, 0.5) is 0 Å². The van der Waals surface area contributed by atoms with Crippen molar-refractivity contribution >= 4 is 17.3 Å². The SMILES string of the molecule is CCCCCCC(c1ccc(COc2ccc(CCC(=O)OC)cc2)cc1)(c1ccc[nH]1)c1nc(-c2ccccc2)cs1. The van der Waals surface area contributed by atoms with E-state index in [2.05, 4.69) is 78.0 Å². The smallest absolute Gasteiger partial charge is 0.305 e. The van der Waals surface area contributed by atoms with Crippen molar-refractivity contribution in [3.8, 4) is 17.0 Å². The normalized spacial score (nSPS) is 12.5. The Balaban J connectivity index is 1.38. The van der Waals surface area contributed by atoms with Gasteiger partial charge < -0.3 is 14.5 Å². The van der Waals surface area contributed by atoms with Crippen LogP contribution in [0.25, 0.3) is 11.3 Å². The summed E-state index contributed by atoms with van der Waals surface area (Å²) in [6.07, 6.45) is 8.78. The number of aromatic nitrogens is 2. The van der Waals surface area contributed by atoms with Gasteiger partial charge in [0.2, 0.25) is 0 Å². The fourth-order valence-electron chi connectivity index (χ4n) is 5.56. The van der Waals surface area contributed by atoms with Crippen molar-refractivity contribution in [3.63, 3.8) is 0 Å². The first-order valence-corrected chi connectivity index (χ1v) is 16.0. The number of rotatable bonds is 15. The number of H-pyrrole nitrogens is 1. The molecule has 0 radical (unpaired) electrons. The number of carbonyl (C=O) groups excluding carboxylic acids is 1. The number of esters is 1. The molecule has 0 saturated heterocycles. The van der Waals surface area contributed by atoms with Crippen molar-refractivity contribution in [3.05, 3.63) is 130 Å². The van der Waals surface area contributed by atoms with Crippen molar-refractivity contribution < 1.29 is 14.3 Å². The molecule has 1 N–H and O–H groups in total. The summed E-state index contributed by atoms with van der Waals surface area (Å²) in [7, 11) is 1.42. The fourth-order valence-corrected chi connectivity index (χ4v) is 6.65. The van der Waals surface area contributed by atoms with Gasteiger partial charge in [0.25, 0.3) is 0 Å². The molecule has 0 saturated carbocycles. The number of hydrogen-bond acceptors (Lipinski definition) is 5. The van der Waals surface area contributed by atoms with Crippen molar-refractivity contribution in [2.45, 2.75) is 63.9 Å². The van der Waals surface area contributed by atoms with E-state index in [0.717, 1.165) is 46.0 Å². The second kappa shape index (κ2) is 14.8. The Labute approximate surface area is 258 Å². The van der Waals surface area contributed by atoms with Gasteiger partial charge in [-0.25, -0.2) is 4.98 Å². The molecule has 5 rings (SSSR count). The van der Waals surface area contributed by atoms with Crippen LogP contribution in [-0.2, 0) is 28.0 Å². The minimum absolute atomic E-state index is 0.198. The van der Waals surface area contributed by atoms with Crippen LogP contribution in [0.5, 0.6) is 5.75 Å². The Hall–Kier alpha value is -4.16. The topological polar surface area (TPSA) is 64.2 Å². The zero-order valence-electron chi connectivity index (χ0n) is 25.1. The van der Waals surface area contributed by atoms with E-state index >= 15 is 0 Å². The third-order valence-electron chi connectivity index (χ3n) is 8.02. The Morgan fingerprint density at radius 3 is 2.35 bits per heavy atom. The summed E-state index contributed by atoms with van der Waals surface area (Å²) >= 11 is 1.75. The highest BCUT2D eigenvalue weighted by Crippen LogP contribution is 2.45. The maximum absolute atomic E-state index is 11.4. The van der Waals surface area contributed by atoms with E-state index in [9.17, 15) is 4.79 Å². The number of hydrogen-bond donors (Lipinski definition) is 1. The number of methoxy groups -OCH3 is 1. The van der Waals surface area contributed by atoms with Crippen LogP contribution in [0.15, 0.2) is 103 Å². The molecule has 3 aromatic carbocycles. The lowest BCUT2D eigenvalue weighted by Crippen LogP contribution is -2.30. The molecule has 5 aromatic rings. The van der Waals surface area contributed by atoms with Crippen LogP contribution in [0.2, 0.25) is 0 Å². The van der Waals surface area contributed by atoms with Crippen LogP contribution < -0.4 is 4.74 Å². The summed E-state index contributed by atoms with van der Waals surface area (Å²) < 4.78 is 10.9. The third-order valence-corrected chi connectivity index (χ3v) is 9.03. The molecule has 0 amide bonds. The maximum Gasteiger partial charge on any atom is 0.305 e. The van der Waals surface area contributed by atoms with E-state index in [1.807, 2.05) is 36.5 Å². The van der Waals surface area contributed by atoms with Crippen LogP contribution in [0.3, 0.4) is 0 Å². The molecule has 0 aliphatic heterocycles. The first-order valence-electron chi connectivity index (χ1n) is 15.2. The summed E-state index contributed by atoms with van der Waals surface area (Å²) in [6, 6.07) is 31.5. The molecule has 1 atom stereocenters. The molecule has 0 spiro atoms. The van der Waals surface area contributed by atoms with Gasteiger partial charge in [-0.15, -0.1) is 11.3 Å². The van der Waals surface area contributed by atoms with Crippen LogP contribution in [-0.4, -0.2) is 23.0 Å². The lowest BCUT2D eigenvalue weighted by molar-refractivity contribution is -0.140. The molecule has 6 heteroatoms. The molecule has 222 valence electrons. The van der Waals surface area contributed by atoms with E-state index in [0.29, 0.717) is 19.4 Å². The van der Waals surface area contributed by atoms with Crippen molar-refractivity contribution in [2.75, 3.05) is 7.11 Å². The van der Waals surface area contributed by atoms with Crippen molar-refractivity contribution in [1.29, 1.82) is 0 Å². The number of unbranched alkanes of at least 4 members (excludes halogenated alkanes) is 3. The molecule has 1 unspecified atom stereocenters. The molecule has 0 fully saturated rings. The zero-order chi connectivity index (χ0) is 29.9. The number of benzene rings is 3. The number of nitrogens with one attached hydrogen (secondary N) is 1. The highest BCUT2D eigenvalue weighted by atomic mass is 32.1. The summed E-state index contributed by atoms with van der Waals surface area (Å²) in [5.74, 6) is 0.607. The third kappa shape index (κ3) is 7.44. The fraction of sp³-hybridized carbons (Fsp3) is 0.297. The first kappa shape index (κ1) is 30.3. The summed E-state index contributed by atoms with van der Waals surface area (Å²) in [5, 5.41) is 3.30. The van der Waals surface area contributed by atoms with Gasteiger partial charge in [0.1, 0.15) is 17.4 Å². The Morgan fingerprint density at radius 2 is 1.65 bits per heavy atom. The lowest BCUT2D eigenvalue weighted by atomic mass is 9.73. The molecule has 0 aliphatic carbocycles. The van der Waals surface area contributed by atoms with Gasteiger partial charge in [0.15, 0.2) is 0 Å². The predicted octanol–water partition coefficient (Wildman–Crippen LogP) is 9.13. The van der Waals surface area contributed by atoms with Gasteiger partial charge in [0, 0.05) is 29.3 Å². The minimum atomic E-state index is -0.367. The monoisotopic (exact) mass is 592 g/mol. The molecule has 43 heavy (non-hydrogen) atoms. The Bertz CT molecular complexity index is 1540. The van der Waals surface area contributed by atoms with Crippen molar-refractivity contribution in [2.24, 2.45) is 0 Å². The number of aryl methyl sites for hydroxylation is 1. The average Bonchev–Trinajstić information content (AvgIpc) is 3.78. The Morgan fingerprint density at radius 1 is 0.884 bits per heavy atom. The quantitative estimate of drug-likeness (QED) is 0.0973. The number of nitrogens with zero attached hydrogens (tertiary/aromatic N) is 1. The van der Waals surface area contributed by atoms with Crippen LogP contribution >= 0.6 is 11.3 Å². The largest absolute Gasteiger partial charge is 0.489 e. The zero-order valence-corrected chi connectivity index (χ0v) is 25.9. The molecule has 0 aliphatic rings. The van der Waals surface area contributed by atoms with Gasteiger partial charge >= 0.3 is 5.97 Å². The number of carbonyl (C=O) groups is 1. The lowest BCUT2D eigenvalue weighted by Gasteiger charge is -2.32. The van der Waals surface area contributed by atoms with Gasteiger partial charge in [-0.05, 0) is 53.8 Å². The van der Waals surface area contributed by atoms with Gasteiger partial charge in [0.05, 0.1) is 18.2 Å². The van der Waals surface area contributed by atoms with Gasteiger partial charge in [-0.3, -0.25) is 4.79 Å². The molecular weight excluding hydrogens is 552 g/mol. The molecule has 0 bridgehead atoms. The van der Waals surface area contributed by atoms with E-state index in [-0.39, 0.29) is 11.4 Å². The van der Waals surface area contributed by atoms with E-state index in [1.54, 1.807) is 11.3 Å². The first-order chi connectivity index (χ1) is 21.1. The summed E-state index contributed by atoms with van der Waals surface area (Å²) in [4.78, 5) is 20.3. The number of thiazole rings is 1. The van der Waals surface area contributed by atoms with E-state index in [1.165, 1.54) is 37.6 Å². The highest BCUT2D eigenvalue weighted by molar-refractivity contribution is 7.10. The van der Waals surface area contributed by atoms with Crippen LogP contribution in [0, 0.1) is 0 Å². The summed E-state index contributed by atoms with van der Waals surface area (Å²) in [6.45, 7) is 2.73. The standard InChI is InChI=1S/C37H40N2O3S/c1-3-4-5-9-24-37(34-13-10-25-38-34,36-39-33(27-43-36)30-11-7-6-8-12-30)31-19-14-29(15-20-31)26-42-32-21-16-28(17-22-32)18-23-35(40)41-2/h6-8,10-17,19-22,25,27,38H,3-5,9,18,23-24,26H2,1-2H3. The molecule has 5 nitrogen and oxygen atoms in total. The van der Waals surface area contributed by atoms with E-state index < -0.39 is 0 Å². The van der Waals surface area contributed by atoms with E-state index in [4.69, 9.17) is 14.5 Å². The average molecular weight is 593 g/mol. The Kier molecular flexibility index (Phi) is 10.5. The second-order valence-corrected chi connectivity index (χ2v) is 11.8. The molecular formula is C37H40N2O3S. The van der Waals surface area contributed by atoms with Gasteiger partial charge in [-0.1, -0.05) is 99.3 Å². The van der Waals surface area contributed by atoms with Crippen LogP contribution in [0.1, 0.15) is 72.8 Å². The highest BCUT2D eigenvalue weighted by Gasteiger charge is 2.39. The summed E-state index contributed by atoms with van der Waals surface area (Å²) in [5.41, 5.74) is 6.39. The molecule has 2 heterocycles. The number of ether oxygens (including phenoxy) is 2. The predicted molar refractivity (Wildman–Crippen MR) is 175 cm³/mol. The van der Waals surface area contributed by atoms with Gasteiger partial charge in [-0.2, -0.15) is 0 Å². The molecule has 2 aromatic heterocycles. The minimum Gasteiger partial charge on any atom is -0.489 e. The number of aromatic amines is 1.